The zero-order chi connectivity index (χ0) is 15.5. The predicted octanol–water partition coefficient (Wildman–Crippen LogP) is 1.95. The Balaban J connectivity index is 2.27. The van der Waals surface area contributed by atoms with Crippen molar-refractivity contribution in [3.8, 4) is 0 Å². The van der Waals surface area contributed by atoms with Gasteiger partial charge in [-0.3, -0.25) is 0 Å². The fraction of sp³-hybridized carbons (Fsp3) is 1.00. The maximum absolute atomic E-state index is 13.1. The van der Waals surface area contributed by atoms with Crippen molar-refractivity contribution in [2.24, 2.45) is 11.7 Å². The molecule has 0 atom stereocenters. The third-order valence-electron chi connectivity index (χ3n) is 5.21. The number of hydrogen-bond donors (Lipinski definition) is 1. The van der Waals surface area contributed by atoms with Gasteiger partial charge >= 0.3 is 0 Å². The van der Waals surface area contributed by atoms with Crippen molar-refractivity contribution in [3.05, 3.63) is 0 Å². The maximum atomic E-state index is 13.1. The van der Waals surface area contributed by atoms with E-state index in [4.69, 9.17) is 5.73 Å². The minimum atomic E-state index is -3.36. The zero-order valence-corrected chi connectivity index (χ0v) is 14.4. The summed E-state index contributed by atoms with van der Waals surface area (Å²) >= 11 is 0. The second kappa shape index (κ2) is 6.94. The van der Waals surface area contributed by atoms with Crippen LogP contribution in [-0.4, -0.2) is 48.7 Å². The normalized spacial score (nSPS) is 31.9. The van der Waals surface area contributed by atoms with Gasteiger partial charge in [-0.1, -0.05) is 13.8 Å². The molecule has 2 rings (SSSR count). The Kier molecular flexibility index (Phi) is 5.68. The van der Waals surface area contributed by atoms with Gasteiger partial charge in [-0.2, -0.15) is 17.0 Å². The monoisotopic (exact) mass is 317 g/mol. The van der Waals surface area contributed by atoms with Crippen molar-refractivity contribution in [2.45, 2.75) is 64.3 Å². The highest BCUT2D eigenvalue weighted by atomic mass is 32.2. The van der Waals surface area contributed by atoms with Crippen molar-refractivity contribution < 1.29 is 8.42 Å². The summed E-state index contributed by atoms with van der Waals surface area (Å²) in [5, 5.41) is 0. The molecule has 0 radical (unpaired) electrons. The highest BCUT2D eigenvalue weighted by molar-refractivity contribution is 7.86. The largest absolute Gasteiger partial charge is 0.329 e. The van der Waals surface area contributed by atoms with Crippen LogP contribution in [0.5, 0.6) is 0 Å². The molecule has 0 aromatic rings. The molecule has 1 aliphatic carbocycles. The molecule has 1 saturated carbocycles. The van der Waals surface area contributed by atoms with Gasteiger partial charge in [0.15, 0.2) is 0 Å². The summed E-state index contributed by atoms with van der Waals surface area (Å²) in [5.41, 5.74) is 5.73. The summed E-state index contributed by atoms with van der Waals surface area (Å²) in [7, 11) is -3.36. The van der Waals surface area contributed by atoms with Crippen LogP contribution in [0.4, 0.5) is 0 Å². The van der Waals surface area contributed by atoms with E-state index in [0.29, 0.717) is 32.1 Å². The molecule has 1 heterocycles. The van der Waals surface area contributed by atoms with Gasteiger partial charge in [0.2, 0.25) is 0 Å². The molecule has 2 fully saturated rings. The van der Waals surface area contributed by atoms with Crippen LogP contribution in [0, 0.1) is 5.92 Å². The molecule has 2 N–H and O–H groups in total. The molecule has 1 saturated heterocycles. The molecule has 0 aromatic carbocycles. The van der Waals surface area contributed by atoms with Crippen molar-refractivity contribution in [1.82, 2.24) is 8.61 Å². The molecule has 21 heavy (non-hydrogen) atoms. The average molecular weight is 317 g/mol. The summed E-state index contributed by atoms with van der Waals surface area (Å²) in [4.78, 5) is 0. The molecule has 2 aliphatic rings. The van der Waals surface area contributed by atoms with Crippen LogP contribution in [0.2, 0.25) is 0 Å². The predicted molar refractivity (Wildman–Crippen MR) is 86.1 cm³/mol. The SMILES string of the molecule is CCCN(C1(CN)CCC(C)CC1)S(=O)(=O)N1CCCC1. The second-order valence-electron chi connectivity index (χ2n) is 6.80. The smallest absolute Gasteiger partial charge is 0.282 e. The van der Waals surface area contributed by atoms with Gasteiger partial charge in [-0.25, -0.2) is 0 Å². The Morgan fingerprint density at radius 1 is 1.24 bits per heavy atom. The van der Waals surface area contributed by atoms with E-state index in [1.54, 1.807) is 8.61 Å². The van der Waals surface area contributed by atoms with Gasteiger partial charge in [0.05, 0.1) is 0 Å². The molecule has 0 aromatic heterocycles. The van der Waals surface area contributed by atoms with Gasteiger partial charge in [-0.15, -0.1) is 0 Å². The Morgan fingerprint density at radius 3 is 2.29 bits per heavy atom. The molecule has 0 bridgehead atoms. The van der Waals surface area contributed by atoms with E-state index in [2.05, 4.69) is 6.92 Å². The lowest BCUT2D eigenvalue weighted by Crippen LogP contribution is -2.60. The lowest BCUT2D eigenvalue weighted by molar-refractivity contribution is 0.109. The first-order chi connectivity index (χ1) is 9.96. The van der Waals surface area contributed by atoms with Crippen molar-refractivity contribution in [2.75, 3.05) is 26.2 Å². The standard InChI is InChI=1S/C15H31N3O2S/c1-3-10-18(21(19,20)17-11-4-5-12-17)15(13-16)8-6-14(2)7-9-15/h14H,3-13,16H2,1-2H3. The van der Waals surface area contributed by atoms with Crippen LogP contribution in [0.1, 0.15) is 58.8 Å². The first kappa shape index (κ1) is 17.2. The first-order valence-corrected chi connectivity index (χ1v) is 9.84. The summed E-state index contributed by atoms with van der Waals surface area (Å²) in [6.45, 7) is 6.65. The summed E-state index contributed by atoms with van der Waals surface area (Å²) in [5.74, 6) is 0.683. The average Bonchev–Trinajstić information content (AvgIpc) is 3.01. The van der Waals surface area contributed by atoms with E-state index >= 15 is 0 Å². The Labute approximate surface area is 130 Å². The van der Waals surface area contributed by atoms with E-state index in [-0.39, 0.29) is 5.54 Å². The lowest BCUT2D eigenvalue weighted by atomic mass is 9.77. The van der Waals surface area contributed by atoms with Gasteiger partial charge in [0.25, 0.3) is 10.2 Å². The van der Waals surface area contributed by atoms with Crippen molar-refractivity contribution in [3.63, 3.8) is 0 Å². The van der Waals surface area contributed by atoms with E-state index in [1.807, 2.05) is 6.92 Å². The highest BCUT2D eigenvalue weighted by Gasteiger charge is 2.46. The van der Waals surface area contributed by atoms with Crippen LogP contribution < -0.4 is 5.73 Å². The second-order valence-corrected chi connectivity index (χ2v) is 8.65. The van der Waals surface area contributed by atoms with E-state index in [0.717, 1.165) is 44.9 Å². The van der Waals surface area contributed by atoms with E-state index < -0.39 is 10.2 Å². The summed E-state index contributed by atoms with van der Waals surface area (Å²) < 4.78 is 29.6. The molecular formula is C15H31N3O2S. The highest BCUT2D eigenvalue weighted by Crippen LogP contribution is 2.38. The molecule has 5 nitrogen and oxygen atoms in total. The third-order valence-corrected chi connectivity index (χ3v) is 7.36. The van der Waals surface area contributed by atoms with Gasteiger partial charge in [0, 0.05) is 31.7 Å². The summed E-state index contributed by atoms with van der Waals surface area (Å²) in [6.07, 6.45) is 6.75. The maximum Gasteiger partial charge on any atom is 0.282 e. The van der Waals surface area contributed by atoms with Crippen LogP contribution in [-0.2, 0) is 10.2 Å². The molecule has 6 heteroatoms. The van der Waals surface area contributed by atoms with Crippen LogP contribution in [0.25, 0.3) is 0 Å². The van der Waals surface area contributed by atoms with Crippen molar-refractivity contribution in [1.29, 1.82) is 0 Å². The third kappa shape index (κ3) is 3.44. The quantitative estimate of drug-likeness (QED) is 0.814. The Bertz CT molecular complexity index is 424. The minimum absolute atomic E-state index is 0.357. The van der Waals surface area contributed by atoms with Crippen LogP contribution >= 0.6 is 0 Å². The van der Waals surface area contributed by atoms with Gasteiger partial charge < -0.3 is 5.73 Å². The fourth-order valence-corrected chi connectivity index (χ4v) is 5.87. The number of nitrogens with zero attached hydrogens (tertiary/aromatic N) is 2. The van der Waals surface area contributed by atoms with E-state index in [9.17, 15) is 8.42 Å². The summed E-state index contributed by atoms with van der Waals surface area (Å²) in [6, 6.07) is 0. The van der Waals surface area contributed by atoms with Crippen molar-refractivity contribution >= 4 is 10.2 Å². The fourth-order valence-electron chi connectivity index (χ4n) is 3.71. The number of rotatable bonds is 6. The molecule has 1 aliphatic heterocycles. The zero-order valence-electron chi connectivity index (χ0n) is 13.6. The molecule has 0 unspecified atom stereocenters. The number of hydrogen-bond acceptors (Lipinski definition) is 3. The Hall–Kier alpha value is -0.170. The van der Waals surface area contributed by atoms with E-state index in [1.165, 1.54) is 0 Å². The Morgan fingerprint density at radius 2 is 1.81 bits per heavy atom. The van der Waals surface area contributed by atoms with Crippen LogP contribution in [0.3, 0.4) is 0 Å². The molecular weight excluding hydrogens is 286 g/mol. The topological polar surface area (TPSA) is 66.6 Å². The molecule has 124 valence electrons. The lowest BCUT2D eigenvalue weighted by Gasteiger charge is -2.47. The molecule has 0 amide bonds. The van der Waals surface area contributed by atoms with Gasteiger partial charge in [0.1, 0.15) is 0 Å². The van der Waals surface area contributed by atoms with Gasteiger partial charge in [-0.05, 0) is 50.9 Å². The van der Waals surface area contributed by atoms with Crippen LogP contribution in [0.15, 0.2) is 0 Å². The first-order valence-electron chi connectivity index (χ1n) is 8.44. The number of nitrogens with two attached hydrogens (primary N) is 1. The minimum Gasteiger partial charge on any atom is -0.329 e. The molecule has 0 spiro atoms.